The predicted octanol–water partition coefficient (Wildman–Crippen LogP) is 4.26. The minimum Gasteiger partial charge on any atom is -0.398 e. The van der Waals surface area contributed by atoms with Gasteiger partial charge in [0.2, 0.25) is 0 Å². The highest BCUT2D eigenvalue weighted by Gasteiger charge is 2.03. The van der Waals surface area contributed by atoms with E-state index in [1.807, 2.05) is 0 Å². The summed E-state index contributed by atoms with van der Waals surface area (Å²) < 4.78 is 0. The van der Waals surface area contributed by atoms with E-state index in [1.165, 1.54) is 21.6 Å². The molecule has 0 radical (unpaired) electrons. The van der Waals surface area contributed by atoms with Crippen molar-refractivity contribution in [3.8, 4) is 11.1 Å². The Hall–Kier alpha value is -1.28. The zero-order valence-electron chi connectivity index (χ0n) is 9.79. The molecule has 1 heterocycles. The van der Waals surface area contributed by atoms with E-state index in [4.69, 9.17) is 5.73 Å². The fourth-order valence-corrected chi connectivity index (χ4v) is 2.58. The first-order chi connectivity index (χ1) is 7.70. The number of nitrogens with two attached hydrogens (primary N) is 1. The van der Waals surface area contributed by atoms with E-state index in [1.54, 1.807) is 11.3 Å². The second-order valence-corrected chi connectivity index (χ2v) is 5.22. The van der Waals surface area contributed by atoms with Crippen LogP contribution in [0.2, 0.25) is 0 Å². The van der Waals surface area contributed by atoms with Crippen molar-refractivity contribution in [2.75, 3.05) is 5.73 Å². The highest BCUT2D eigenvalue weighted by atomic mass is 32.1. The summed E-state index contributed by atoms with van der Waals surface area (Å²) in [5.74, 6) is 0. The SMILES string of the molecule is CCCc1ccc(-c2csc(C)c2)cc1N. The van der Waals surface area contributed by atoms with Gasteiger partial charge in [-0.05, 0) is 47.5 Å². The van der Waals surface area contributed by atoms with Gasteiger partial charge in [-0.3, -0.25) is 0 Å². The van der Waals surface area contributed by atoms with E-state index >= 15 is 0 Å². The number of thiophene rings is 1. The fraction of sp³-hybridized carbons (Fsp3) is 0.286. The Labute approximate surface area is 101 Å². The van der Waals surface area contributed by atoms with Crippen molar-refractivity contribution in [3.05, 3.63) is 40.1 Å². The lowest BCUT2D eigenvalue weighted by molar-refractivity contribution is 0.924. The summed E-state index contributed by atoms with van der Waals surface area (Å²) in [5, 5.41) is 2.18. The van der Waals surface area contributed by atoms with Crippen LogP contribution in [0.5, 0.6) is 0 Å². The zero-order valence-corrected chi connectivity index (χ0v) is 10.6. The number of nitrogen functional groups attached to an aromatic ring is 1. The minimum atomic E-state index is 0.920. The van der Waals surface area contributed by atoms with Gasteiger partial charge in [0.1, 0.15) is 0 Å². The number of anilines is 1. The topological polar surface area (TPSA) is 26.0 Å². The molecule has 1 aromatic heterocycles. The molecular weight excluding hydrogens is 214 g/mol. The predicted molar refractivity (Wildman–Crippen MR) is 72.9 cm³/mol. The Morgan fingerprint density at radius 3 is 2.56 bits per heavy atom. The van der Waals surface area contributed by atoms with Crippen molar-refractivity contribution in [3.63, 3.8) is 0 Å². The summed E-state index contributed by atoms with van der Waals surface area (Å²) in [6.45, 7) is 4.30. The van der Waals surface area contributed by atoms with Crippen LogP contribution in [0.3, 0.4) is 0 Å². The minimum absolute atomic E-state index is 0.920. The third-order valence-corrected chi connectivity index (χ3v) is 3.59. The van der Waals surface area contributed by atoms with Gasteiger partial charge in [0.25, 0.3) is 0 Å². The van der Waals surface area contributed by atoms with Crippen LogP contribution in [-0.2, 0) is 6.42 Å². The first-order valence-corrected chi connectivity index (χ1v) is 6.52. The molecule has 2 aromatic rings. The molecule has 0 aliphatic rings. The van der Waals surface area contributed by atoms with E-state index in [0.29, 0.717) is 0 Å². The van der Waals surface area contributed by atoms with Crippen LogP contribution < -0.4 is 5.73 Å². The second kappa shape index (κ2) is 4.71. The van der Waals surface area contributed by atoms with Gasteiger partial charge in [0, 0.05) is 10.6 Å². The van der Waals surface area contributed by atoms with Crippen LogP contribution in [0, 0.1) is 6.92 Å². The molecule has 0 unspecified atom stereocenters. The number of hydrogen-bond acceptors (Lipinski definition) is 2. The maximum Gasteiger partial charge on any atom is 0.0352 e. The maximum atomic E-state index is 6.05. The van der Waals surface area contributed by atoms with Gasteiger partial charge in [0.05, 0.1) is 0 Å². The first-order valence-electron chi connectivity index (χ1n) is 5.64. The van der Waals surface area contributed by atoms with Crippen LogP contribution in [0.25, 0.3) is 11.1 Å². The number of benzene rings is 1. The van der Waals surface area contributed by atoms with Crippen molar-refractivity contribution in [2.24, 2.45) is 0 Å². The van der Waals surface area contributed by atoms with Gasteiger partial charge in [0.15, 0.2) is 0 Å². The molecule has 2 N–H and O–H groups in total. The van der Waals surface area contributed by atoms with Gasteiger partial charge < -0.3 is 5.73 Å². The molecule has 84 valence electrons. The van der Waals surface area contributed by atoms with Gasteiger partial charge in [-0.15, -0.1) is 11.3 Å². The second-order valence-electron chi connectivity index (χ2n) is 4.11. The molecular formula is C14H17NS. The van der Waals surface area contributed by atoms with Crippen molar-refractivity contribution in [1.29, 1.82) is 0 Å². The third-order valence-electron chi connectivity index (χ3n) is 2.73. The summed E-state index contributed by atoms with van der Waals surface area (Å²) in [7, 11) is 0. The molecule has 0 aliphatic carbocycles. The lowest BCUT2D eigenvalue weighted by atomic mass is 10.0. The number of aryl methyl sites for hydroxylation is 2. The molecule has 2 heteroatoms. The quantitative estimate of drug-likeness (QED) is 0.785. The molecule has 0 fully saturated rings. The summed E-state index contributed by atoms with van der Waals surface area (Å²) in [4.78, 5) is 1.34. The van der Waals surface area contributed by atoms with Crippen LogP contribution in [-0.4, -0.2) is 0 Å². The smallest absolute Gasteiger partial charge is 0.0352 e. The van der Waals surface area contributed by atoms with Crippen LogP contribution in [0.1, 0.15) is 23.8 Å². The fourth-order valence-electron chi connectivity index (χ4n) is 1.87. The van der Waals surface area contributed by atoms with Gasteiger partial charge in [-0.1, -0.05) is 25.5 Å². The standard InChI is InChI=1S/C14H17NS/c1-3-4-11-5-6-12(8-14(11)15)13-7-10(2)16-9-13/h5-9H,3-4,15H2,1-2H3. The first kappa shape index (κ1) is 11.2. The zero-order chi connectivity index (χ0) is 11.5. The Morgan fingerprint density at radius 1 is 1.19 bits per heavy atom. The largest absolute Gasteiger partial charge is 0.398 e. The monoisotopic (exact) mass is 231 g/mol. The molecule has 0 saturated heterocycles. The maximum absolute atomic E-state index is 6.05. The van der Waals surface area contributed by atoms with Crippen molar-refractivity contribution >= 4 is 17.0 Å². The van der Waals surface area contributed by atoms with Crippen LogP contribution in [0.15, 0.2) is 29.6 Å². The summed E-state index contributed by atoms with van der Waals surface area (Å²) in [6, 6.07) is 8.62. The summed E-state index contributed by atoms with van der Waals surface area (Å²) in [5.41, 5.74) is 10.7. The normalized spacial score (nSPS) is 10.6. The number of rotatable bonds is 3. The molecule has 0 amide bonds. The average Bonchev–Trinajstić information content (AvgIpc) is 2.68. The van der Waals surface area contributed by atoms with Gasteiger partial charge >= 0.3 is 0 Å². The highest BCUT2D eigenvalue weighted by Crippen LogP contribution is 2.28. The molecule has 1 nitrogen and oxygen atoms in total. The van der Waals surface area contributed by atoms with E-state index in [9.17, 15) is 0 Å². The molecule has 0 saturated carbocycles. The van der Waals surface area contributed by atoms with E-state index < -0.39 is 0 Å². The highest BCUT2D eigenvalue weighted by molar-refractivity contribution is 7.10. The lowest BCUT2D eigenvalue weighted by Gasteiger charge is -2.06. The molecule has 0 bridgehead atoms. The Morgan fingerprint density at radius 2 is 2.00 bits per heavy atom. The van der Waals surface area contributed by atoms with Gasteiger partial charge in [-0.25, -0.2) is 0 Å². The van der Waals surface area contributed by atoms with Crippen LogP contribution >= 0.6 is 11.3 Å². The van der Waals surface area contributed by atoms with Crippen molar-refractivity contribution in [1.82, 2.24) is 0 Å². The molecule has 16 heavy (non-hydrogen) atoms. The Bertz CT molecular complexity index is 485. The molecule has 2 rings (SSSR count). The average molecular weight is 231 g/mol. The van der Waals surface area contributed by atoms with E-state index in [-0.39, 0.29) is 0 Å². The van der Waals surface area contributed by atoms with Crippen molar-refractivity contribution < 1.29 is 0 Å². The molecule has 1 aromatic carbocycles. The van der Waals surface area contributed by atoms with Crippen LogP contribution in [0.4, 0.5) is 5.69 Å². The summed E-state index contributed by atoms with van der Waals surface area (Å²) >= 11 is 1.78. The lowest BCUT2D eigenvalue weighted by Crippen LogP contribution is -1.94. The van der Waals surface area contributed by atoms with Crippen molar-refractivity contribution in [2.45, 2.75) is 26.7 Å². The Kier molecular flexibility index (Phi) is 3.30. The molecule has 0 atom stereocenters. The van der Waals surface area contributed by atoms with E-state index in [2.05, 4.69) is 43.5 Å². The Balaban J connectivity index is 2.34. The van der Waals surface area contributed by atoms with E-state index in [0.717, 1.165) is 18.5 Å². The molecule has 0 spiro atoms. The molecule has 0 aliphatic heterocycles. The number of hydrogen-bond donors (Lipinski definition) is 1. The third kappa shape index (κ3) is 2.27. The van der Waals surface area contributed by atoms with Gasteiger partial charge in [-0.2, -0.15) is 0 Å². The summed E-state index contributed by atoms with van der Waals surface area (Å²) in [6.07, 6.45) is 2.20.